The van der Waals surface area contributed by atoms with E-state index in [1.165, 1.54) is 0 Å². The number of amides is 1. The maximum absolute atomic E-state index is 11.9. The first-order valence-corrected chi connectivity index (χ1v) is 5.80. The number of hydrogen-bond acceptors (Lipinski definition) is 3. The normalized spacial score (nSPS) is 25.3. The van der Waals surface area contributed by atoms with Crippen LogP contribution >= 0.6 is 0 Å². The van der Waals surface area contributed by atoms with Crippen molar-refractivity contribution in [3.63, 3.8) is 0 Å². The van der Waals surface area contributed by atoms with Crippen LogP contribution in [0.5, 0.6) is 0 Å². The van der Waals surface area contributed by atoms with Crippen LogP contribution in [-0.4, -0.2) is 22.5 Å². The minimum Gasteiger partial charge on any atom is -0.409 e. The third kappa shape index (κ3) is 2.28. The lowest BCUT2D eigenvalue weighted by Gasteiger charge is -2.31. The minimum absolute atomic E-state index is 0.0165. The zero-order chi connectivity index (χ0) is 12.3. The fourth-order valence-electron chi connectivity index (χ4n) is 1.96. The van der Waals surface area contributed by atoms with Crippen molar-refractivity contribution in [3.05, 3.63) is 0 Å². The Balaban J connectivity index is 2.74. The van der Waals surface area contributed by atoms with Gasteiger partial charge in [-0.25, -0.2) is 0 Å². The summed E-state index contributed by atoms with van der Waals surface area (Å²) in [6, 6.07) is 0. The van der Waals surface area contributed by atoms with Gasteiger partial charge < -0.3 is 16.3 Å². The van der Waals surface area contributed by atoms with Gasteiger partial charge in [-0.3, -0.25) is 4.79 Å². The lowest BCUT2D eigenvalue weighted by Crippen LogP contribution is -2.57. The Hall–Kier alpha value is -1.26. The first-order valence-electron chi connectivity index (χ1n) is 5.80. The molecule has 0 aromatic carbocycles. The standard InChI is InChI=1S/C11H21N3O2/c1-4-11(5-2,10(12)14-16)13-9(15)8-6-7(8)3/h7-8,16H,4-6H2,1-3H3,(H2,12,14)(H,13,15). The van der Waals surface area contributed by atoms with Crippen LogP contribution in [0.3, 0.4) is 0 Å². The molecule has 0 heterocycles. The molecule has 1 aliphatic carbocycles. The number of nitrogens with two attached hydrogens (primary N) is 1. The summed E-state index contributed by atoms with van der Waals surface area (Å²) in [7, 11) is 0. The monoisotopic (exact) mass is 227 g/mol. The predicted octanol–water partition coefficient (Wildman–Crippen LogP) is 1.06. The van der Waals surface area contributed by atoms with Crippen LogP contribution in [0.25, 0.3) is 0 Å². The molecule has 5 heteroatoms. The highest BCUT2D eigenvalue weighted by Crippen LogP contribution is 2.38. The number of amidine groups is 1. The molecule has 1 amide bonds. The van der Waals surface area contributed by atoms with E-state index in [2.05, 4.69) is 10.5 Å². The Bertz CT molecular complexity index is 298. The Labute approximate surface area is 96.1 Å². The summed E-state index contributed by atoms with van der Waals surface area (Å²) in [5, 5.41) is 14.7. The molecule has 0 aromatic rings. The molecule has 92 valence electrons. The van der Waals surface area contributed by atoms with E-state index < -0.39 is 5.54 Å². The van der Waals surface area contributed by atoms with Crippen LogP contribution in [0.4, 0.5) is 0 Å². The minimum atomic E-state index is -0.700. The summed E-state index contributed by atoms with van der Waals surface area (Å²) in [5.74, 6) is 0.657. The summed E-state index contributed by atoms with van der Waals surface area (Å²) in [4.78, 5) is 11.9. The second-order valence-electron chi connectivity index (χ2n) is 4.58. The van der Waals surface area contributed by atoms with Crippen molar-refractivity contribution in [2.45, 2.75) is 45.6 Å². The van der Waals surface area contributed by atoms with Gasteiger partial charge in [-0.05, 0) is 25.2 Å². The average Bonchev–Trinajstić information content (AvgIpc) is 3.02. The van der Waals surface area contributed by atoms with Gasteiger partial charge in [-0.2, -0.15) is 0 Å². The molecule has 5 nitrogen and oxygen atoms in total. The van der Waals surface area contributed by atoms with Crippen LogP contribution in [0.2, 0.25) is 0 Å². The number of oxime groups is 1. The summed E-state index contributed by atoms with van der Waals surface area (Å²) >= 11 is 0. The fraction of sp³-hybridized carbons (Fsp3) is 0.818. The van der Waals surface area contributed by atoms with Crippen LogP contribution in [0, 0.1) is 11.8 Å². The zero-order valence-electron chi connectivity index (χ0n) is 10.2. The molecular weight excluding hydrogens is 206 g/mol. The molecule has 16 heavy (non-hydrogen) atoms. The lowest BCUT2D eigenvalue weighted by atomic mass is 9.91. The lowest BCUT2D eigenvalue weighted by molar-refractivity contribution is -0.123. The van der Waals surface area contributed by atoms with Crippen molar-refractivity contribution in [1.82, 2.24) is 5.32 Å². The zero-order valence-corrected chi connectivity index (χ0v) is 10.2. The van der Waals surface area contributed by atoms with Gasteiger partial charge >= 0.3 is 0 Å². The third-order valence-electron chi connectivity index (χ3n) is 3.61. The smallest absolute Gasteiger partial charge is 0.224 e. The maximum atomic E-state index is 11.9. The molecule has 1 rings (SSSR count). The number of carbonyl (C=O) groups excluding carboxylic acids is 1. The molecule has 0 saturated heterocycles. The molecule has 1 aliphatic rings. The van der Waals surface area contributed by atoms with E-state index in [-0.39, 0.29) is 17.7 Å². The van der Waals surface area contributed by atoms with Crippen molar-refractivity contribution < 1.29 is 10.0 Å². The van der Waals surface area contributed by atoms with E-state index in [0.29, 0.717) is 18.8 Å². The summed E-state index contributed by atoms with van der Waals surface area (Å²) in [6.07, 6.45) is 2.17. The number of hydrogen-bond donors (Lipinski definition) is 3. The highest BCUT2D eigenvalue weighted by molar-refractivity contribution is 5.94. The second kappa shape index (κ2) is 4.72. The number of carbonyl (C=O) groups is 1. The van der Waals surface area contributed by atoms with Crippen LogP contribution in [-0.2, 0) is 4.79 Å². The van der Waals surface area contributed by atoms with Crippen LogP contribution in [0.1, 0.15) is 40.0 Å². The summed E-state index contributed by atoms with van der Waals surface area (Å²) in [6.45, 7) is 5.88. The van der Waals surface area contributed by atoms with Gasteiger partial charge in [0.1, 0.15) is 5.54 Å². The van der Waals surface area contributed by atoms with Crippen molar-refractivity contribution in [1.29, 1.82) is 0 Å². The second-order valence-corrected chi connectivity index (χ2v) is 4.58. The van der Waals surface area contributed by atoms with Gasteiger partial charge in [0, 0.05) is 5.92 Å². The first-order chi connectivity index (χ1) is 7.50. The highest BCUT2D eigenvalue weighted by atomic mass is 16.4. The van der Waals surface area contributed by atoms with E-state index >= 15 is 0 Å². The van der Waals surface area contributed by atoms with Crippen molar-refractivity contribution in [3.8, 4) is 0 Å². The van der Waals surface area contributed by atoms with E-state index in [1.807, 2.05) is 20.8 Å². The summed E-state index contributed by atoms with van der Waals surface area (Å²) < 4.78 is 0. The van der Waals surface area contributed by atoms with Gasteiger partial charge in [0.05, 0.1) is 0 Å². The molecule has 0 spiro atoms. The van der Waals surface area contributed by atoms with Gasteiger partial charge in [0.2, 0.25) is 5.91 Å². The molecule has 0 aliphatic heterocycles. The number of nitrogens with one attached hydrogen (secondary N) is 1. The van der Waals surface area contributed by atoms with Crippen molar-refractivity contribution in [2.75, 3.05) is 0 Å². The molecule has 0 bridgehead atoms. The van der Waals surface area contributed by atoms with Crippen LogP contribution < -0.4 is 11.1 Å². The number of rotatable bonds is 5. The Morgan fingerprint density at radius 1 is 1.56 bits per heavy atom. The quantitative estimate of drug-likeness (QED) is 0.284. The molecule has 0 radical (unpaired) electrons. The summed E-state index contributed by atoms with van der Waals surface area (Å²) in [5.41, 5.74) is 4.96. The molecule has 1 fully saturated rings. The molecule has 0 aromatic heterocycles. The maximum Gasteiger partial charge on any atom is 0.224 e. The molecule has 2 atom stereocenters. The van der Waals surface area contributed by atoms with Gasteiger partial charge in [-0.1, -0.05) is 25.9 Å². The Kier molecular flexibility index (Phi) is 3.78. The van der Waals surface area contributed by atoms with Gasteiger partial charge in [0.15, 0.2) is 5.84 Å². The Morgan fingerprint density at radius 2 is 2.06 bits per heavy atom. The first kappa shape index (κ1) is 12.8. The molecule has 1 saturated carbocycles. The predicted molar refractivity (Wildman–Crippen MR) is 62.1 cm³/mol. The van der Waals surface area contributed by atoms with Crippen molar-refractivity contribution >= 4 is 11.7 Å². The van der Waals surface area contributed by atoms with Gasteiger partial charge in [-0.15, -0.1) is 0 Å². The van der Waals surface area contributed by atoms with E-state index in [0.717, 1.165) is 6.42 Å². The van der Waals surface area contributed by atoms with E-state index in [4.69, 9.17) is 10.9 Å². The fourth-order valence-corrected chi connectivity index (χ4v) is 1.96. The van der Waals surface area contributed by atoms with Gasteiger partial charge in [0.25, 0.3) is 0 Å². The van der Waals surface area contributed by atoms with Crippen molar-refractivity contribution in [2.24, 2.45) is 22.7 Å². The Morgan fingerprint density at radius 3 is 2.38 bits per heavy atom. The molecule has 4 N–H and O–H groups in total. The van der Waals surface area contributed by atoms with E-state index in [9.17, 15) is 4.79 Å². The molecule has 2 unspecified atom stereocenters. The highest BCUT2D eigenvalue weighted by Gasteiger charge is 2.43. The van der Waals surface area contributed by atoms with Crippen LogP contribution in [0.15, 0.2) is 5.16 Å². The number of nitrogens with zero attached hydrogens (tertiary/aromatic N) is 1. The molecular formula is C11H21N3O2. The van der Waals surface area contributed by atoms with E-state index in [1.54, 1.807) is 0 Å². The largest absolute Gasteiger partial charge is 0.409 e. The average molecular weight is 227 g/mol. The third-order valence-corrected chi connectivity index (χ3v) is 3.61. The SMILES string of the molecule is CCC(CC)(NC(=O)C1CC1C)/C(N)=N/O. The topological polar surface area (TPSA) is 87.7 Å².